The van der Waals surface area contributed by atoms with Crippen molar-refractivity contribution in [2.75, 3.05) is 13.2 Å². The topological polar surface area (TPSA) is 83.9 Å². The number of ether oxygens (including phenoxy) is 1. The molecule has 6 nitrogen and oxygen atoms in total. The fraction of sp³-hybridized carbons (Fsp3) is 0.583. The molecule has 0 amide bonds. The van der Waals surface area contributed by atoms with Gasteiger partial charge in [0, 0.05) is 6.54 Å². The zero-order chi connectivity index (χ0) is 14.3. The Morgan fingerprint density at radius 3 is 3.00 bits per heavy atom. The van der Waals surface area contributed by atoms with Gasteiger partial charge in [0.05, 0.1) is 18.8 Å². The average molecular weight is 317 g/mol. The van der Waals surface area contributed by atoms with E-state index in [9.17, 15) is 13.2 Å². The average Bonchev–Trinajstić information content (AvgIpc) is 3.06. The number of rotatable bonds is 3. The maximum atomic E-state index is 12.7. The van der Waals surface area contributed by atoms with E-state index in [1.54, 1.807) is 0 Å². The standard InChI is InChI=1S/C12H15NO5S2/c14-12(15)11-10(4-7-19-11)20(16,17)13-5-6-18-9-3-1-2-8(9)13/h4,7-9H,1-3,5-6H2,(H,14,15). The lowest BCUT2D eigenvalue weighted by Gasteiger charge is -2.36. The highest BCUT2D eigenvalue weighted by Crippen LogP contribution is 2.35. The second-order valence-corrected chi connectivity index (χ2v) is 7.72. The molecule has 0 bridgehead atoms. The number of hydrogen-bond donors (Lipinski definition) is 1. The van der Waals surface area contributed by atoms with E-state index in [4.69, 9.17) is 9.84 Å². The molecule has 1 aromatic heterocycles. The van der Waals surface area contributed by atoms with Gasteiger partial charge in [-0.2, -0.15) is 4.31 Å². The third-order valence-corrected chi connectivity index (χ3v) is 6.84. The molecule has 1 aliphatic carbocycles. The van der Waals surface area contributed by atoms with Gasteiger partial charge in [-0.25, -0.2) is 13.2 Å². The highest BCUT2D eigenvalue weighted by atomic mass is 32.2. The second kappa shape index (κ2) is 5.10. The molecule has 1 saturated carbocycles. The number of nitrogens with zero attached hydrogens (tertiary/aromatic N) is 1. The van der Waals surface area contributed by atoms with Crippen LogP contribution in [0.5, 0.6) is 0 Å². The first-order chi connectivity index (χ1) is 9.51. The molecule has 1 aromatic rings. The zero-order valence-electron chi connectivity index (χ0n) is 10.7. The first-order valence-corrected chi connectivity index (χ1v) is 8.78. The molecule has 8 heteroatoms. The number of hydrogen-bond acceptors (Lipinski definition) is 5. The molecule has 2 atom stereocenters. The van der Waals surface area contributed by atoms with Crippen LogP contribution >= 0.6 is 11.3 Å². The molecule has 3 rings (SSSR count). The van der Waals surface area contributed by atoms with Gasteiger partial charge in [-0.15, -0.1) is 11.3 Å². The van der Waals surface area contributed by atoms with E-state index in [2.05, 4.69) is 0 Å². The smallest absolute Gasteiger partial charge is 0.347 e. The van der Waals surface area contributed by atoms with Gasteiger partial charge in [-0.1, -0.05) is 0 Å². The summed E-state index contributed by atoms with van der Waals surface area (Å²) in [5.74, 6) is -1.20. The molecule has 2 unspecified atom stereocenters. The summed E-state index contributed by atoms with van der Waals surface area (Å²) >= 11 is 0.937. The molecule has 2 aliphatic rings. The monoisotopic (exact) mass is 317 g/mol. The SMILES string of the molecule is O=C(O)c1sccc1S(=O)(=O)N1CCOC2CCCC21. The van der Waals surface area contributed by atoms with Crippen LogP contribution in [0.2, 0.25) is 0 Å². The van der Waals surface area contributed by atoms with Crippen molar-refractivity contribution in [2.24, 2.45) is 0 Å². The van der Waals surface area contributed by atoms with Crippen molar-refractivity contribution in [3.05, 3.63) is 16.3 Å². The van der Waals surface area contributed by atoms with E-state index in [1.165, 1.54) is 15.8 Å². The lowest BCUT2D eigenvalue weighted by molar-refractivity contribution is -0.0241. The Kier molecular flexibility index (Phi) is 3.57. The van der Waals surface area contributed by atoms with Gasteiger partial charge < -0.3 is 9.84 Å². The van der Waals surface area contributed by atoms with E-state index in [0.29, 0.717) is 13.2 Å². The van der Waals surface area contributed by atoms with Gasteiger partial charge in [-0.3, -0.25) is 0 Å². The minimum absolute atomic E-state index is 0.0505. The number of carboxylic acid groups (broad SMARTS) is 1. The van der Waals surface area contributed by atoms with Crippen molar-refractivity contribution < 1.29 is 23.1 Å². The molecule has 1 aliphatic heterocycles. The van der Waals surface area contributed by atoms with Crippen LogP contribution in [0.3, 0.4) is 0 Å². The largest absolute Gasteiger partial charge is 0.477 e. The maximum Gasteiger partial charge on any atom is 0.347 e. The molecular weight excluding hydrogens is 302 g/mol. The van der Waals surface area contributed by atoms with Gasteiger partial charge in [0.2, 0.25) is 10.0 Å². The predicted octanol–water partition coefficient (Wildman–Crippen LogP) is 1.39. The lowest BCUT2D eigenvalue weighted by atomic mass is 10.2. The Hall–Kier alpha value is -0.960. The summed E-state index contributed by atoms with van der Waals surface area (Å²) in [7, 11) is -3.77. The minimum atomic E-state index is -3.77. The minimum Gasteiger partial charge on any atom is -0.477 e. The number of fused-ring (bicyclic) bond motifs is 1. The Labute approximate surface area is 121 Å². The number of thiophene rings is 1. The van der Waals surface area contributed by atoms with Crippen molar-refractivity contribution in [1.29, 1.82) is 0 Å². The molecule has 2 heterocycles. The van der Waals surface area contributed by atoms with Crippen LogP contribution in [-0.4, -0.2) is 49.1 Å². The van der Waals surface area contributed by atoms with E-state index >= 15 is 0 Å². The van der Waals surface area contributed by atoms with Gasteiger partial charge in [-0.05, 0) is 30.7 Å². The van der Waals surface area contributed by atoms with Crippen LogP contribution < -0.4 is 0 Å². The fourth-order valence-electron chi connectivity index (χ4n) is 2.97. The molecule has 1 saturated heterocycles. The quantitative estimate of drug-likeness (QED) is 0.910. The molecule has 1 N–H and O–H groups in total. The lowest BCUT2D eigenvalue weighted by Crippen LogP contribution is -2.51. The number of aromatic carboxylic acids is 1. The third-order valence-electron chi connectivity index (χ3n) is 3.84. The molecule has 0 spiro atoms. The maximum absolute atomic E-state index is 12.7. The van der Waals surface area contributed by atoms with E-state index < -0.39 is 16.0 Å². The van der Waals surface area contributed by atoms with Gasteiger partial charge in [0.15, 0.2) is 0 Å². The summed E-state index contributed by atoms with van der Waals surface area (Å²) in [5, 5.41) is 10.6. The van der Waals surface area contributed by atoms with Gasteiger partial charge in [0.1, 0.15) is 9.77 Å². The number of carbonyl (C=O) groups is 1. The van der Waals surface area contributed by atoms with E-state index in [0.717, 1.165) is 30.6 Å². The van der Waals surface area contributed by atoms with Crippen molar-refractivity contribution in [1.82, 2.24) is 4.31 Å². The number of carboxylic acids is 1. The van der Waals surface area contributed by atoms with Crippen molar-refractivity contribution in [3.63, 3.8) is 0 Å². The molecule has 2 fully saturated rings. The highest BCUT2D eigenvalue weighted by Gasteiger charge is 2.43. The van der Waals surface area contributed by atoms with Crippen LogP contribution in [0.15, 0.2) is 16.3 Å². The summed E-state index contributed by atoms with van der Waals surface area (Å²) in [6.45, 7) is 0.658. The Morgan fingerprint density at radius 1 is 1.45 bits per heavy atom. The summed E-state index contributed by atoms with van der Waals surface area (Å²) in [4.78, 5) is 10.9. The molecule has 20 heavy (non-hydrogen) atoms. The second-order valence-electron chi connectivity index (χ2n) is 4.94. The van der Waals surface area contributed by atoms with Crippen LogP contribution in [-0.2, 0) is 14.8 Å². The third kappa shape index (κ3) is 2.16. The Bertz CT molecular complexity index is 624. The van der Waals surface area contributed by atoms with Gasteiger partial charge >= 0.3 is 5.97 Å². The van der Waals surface area contributed by atoms with E-state index in [-0.39, 0.29) is 21.9 Å². The first-order valence-electron chi connectivity index (χ1n) is 6.46. The van der Waals surface area contributed by atoms with Crippen LogP contribution in [0.4, 0.5) is 0 Å². The molecular formula is C12H15NO5S2. The van der Waals surface area contributed by atoms with Crippen LogP contribution in [0.25, 0.3) is 0 Å². The molecule has 110 valence electrons. The van der Waals surface area contributed by atoms with Crippen molar-refractivity contribution >= 4 is 27.3 Å². The fourth-order valence-corrected chi connectivity index (χ4v) is 5.87. The first kappa shape index (κ1) is 14.0. The normalized spacial score (nSPS) is 27.4. The summed E-state index contributed by atoms with van der Waals surface area (Å²) < 4.78 is 32.5. The number of sulfonamides is 1. The highest BCUT2D eigenvalue weighted by molar-refractivity contribution is 7.89. The predicted molar refractivity (Wildman–Crippen MR) is 72.5 cm³/mol. The van der Waals surface area contributed by atoms with Crippen molar-refractivity contribution in [3.8, 4) is 0 Å². The molecule has 0 radical (unpaired) electrons. The molecule has 0 aromatic carbocycles. The number of morpholine rings is 1. The van der Waals surface area contributed by atoms with E-state index in [1.807, 2.05) is 0 Å². The van der Waals surface area contributed by atoms with Crippen molar-refractivity contribution in [2.45, 2.75) is 36.3 Å². The zero-order valence-corrected chi connectivity index (χ0v) is 12.3. The Morgan fingerprint density at radius 2 is 2.25 bits per heavy atom. The van der Waals surface area contributed by atoms with Crippen LogP contribution in [0, 0.1) is 0 Å². The Balaban J connectivity index is 1.99. The van der Waals surface area contributed by atoms with Gasteiger partial charge in [0.25, 0.3) is 0 Å². The summed E-state index contributed by atoms with van der Waals surface area (Å²) in [5.41, 5.74) is 0. The van der Waals surface area contributed by atoms with Crippen LogP contribution in [0.1, 0.15) is 28.9 Å². The summed E-state index contributed by atoms with van der Waals surface area (Å²) in [6.07, 6.45) is 2.53. The summed E-state index contributed by atoms with van der Waals surface area (Å²) in [6, 6.07) is 1.22.